The van der Waals surface area contributed by atoms with Crippen LogP contribution in [0.3, 0.4) is 0 Å². The summed E-state index contributed by atoms with van der Waals surface area (Å²) in [5.41, 5.74) is 1.41. The van der Waals surface area contributed by atoms with Crippen LogP contribution >= 0.6 is 11.6 Å². The Hall–Kier alpha value is -2.31. The number of benzene rings is 2. The number of para-hydroxylation sites is 1. The quantitative estimate of drug-likeness (QED) is 0.765. The van der Waals surface area contributed by atoms with E-state index in [1.807, 2.05) is 24.3 Å². The first-order chi connectivity index (χ1) is 13.1. The summed E-state index contributed by atoms with van der Waals surface area (Å²) >= 11 is 5.97. The molecule has 5 nitrogen and oxygen atoms in total. The van der Waals surface area contributed by atoms with Gasteiger partial charge in [-0.05, 0) is 50.2 Å². The molecule has 2 aromatic carbocycles. The largest absolute Gasteiger partial charge is 0.496 e. The first kappa shape index (κ1) is 19.5. The van der Waals surface area contributed by atoms with Gasteiger partial charge in [0.05, 0.1) is 23.9 Å². The Morgan fingerprint density at radius 3 is 2.70 bits per heavy atom. The molecule has 3 rings (SSSR count). The van der Waals surface area contributed by atoms with Gasteiger partial charge in [-0.2, -0.15) is 0 Å². The van der Waals surface area contributed by atoms with Crippen LogP contribution in [0.5, 0.6) is 5.75 Å². The molecule has 7 heteroatoms. The van der Waals surface area contributed by atoms with Gasteiger partial charge in [-0.25, -0.2) is 9.18 Å². The molecule has 27 heavy (non-hydrogen) atoms. The number of hydrogen-bond acceptors (Lipinski definition) is 3. The van der Waals surface area contributed by atoms with E-state index in [0.29, 0.717) is 12.2 Å². The number of methoxy groups -OCH3 is 1. The predicted molar refractivity (Wildman–Crippen MR) is 105 cm³/mol. The zero-order valence-corrected chi connectivity index (χ0v) is 15.9. The standard InChI is InChI=1S/C20H23ClFN3O2/c1-27-19-7-3-2-6-15(19)18(25-10-4-5-11-25)13-23-20(26)24-17-9-8-14(22)12-16(17)21/h2-3,6-9,12,18H,4-5,10-11,13H2,1H3,(H2,23,24,26). The van der Waals surface area contributed by atoms with E-state index in [1.165, 1.54) is 18.2 Å². The Morgan fingerprint density at radius 2 is 2.00 bits per heavy atom. The lowest BCUT2D eigenvalue weighted by Crippen LogP contribution is -2.38. The summed E-state index contributed by atoms with van der Waals surface area (Å²) in [5.74, 6) is 0.356. The van der Waals surface area contributed by atoms with Gasteiger partial charge in [0.2, 0.25) is 0 Å². The number of amides is 2. The molecule has 1 aliphatic rings. The lowest BCUT2D eigenvalue weighted by atomic mass is 10.0. The Bertz CT molecular complexity index is 797. The third-order valence-corrected chi connectivity index (χ3v) is 5.03. The summed E-state index contributed by atoms with van der Waals surface area (Å²) in [7, 11) is 1.65. The maximum Gasteiger partial charge on any atom is 0.319 e. The minimum Gasteiger partial charge on any atom is -0.496 e. The zero-order chi connectivity index (χ0) is 19.2. The number of carbonyl (C=O) groups excluding carboxylic acids is 1. The Labute approximate surface area is 163 Å². The highest BCUT2D eigenvalue weighted by Crippen LogP contribution is 2.31. The number of likely N-dealkylation sites (tertiary alicyclic amines) is 1. The molecule has 2 N–H and O–H groups in total. The van der Waals surface area contributed by atoms with Gasteiger partial charge < -0.3 is 15.4 Å². The highest BCUT2D eigenvalue weighted by Gasteiger charge is 2.26. The Kier molecular flexibility index (Phi) is 6.53. The van der Waals surface area contributed by atoms with Crippen LogP contribution in [0.2, 0.25) is 5.02 Å². The van der Waals surface area contributed by atoms with Crippen LogP contribution in [-0.4, -0.2) is 37.7 Å². The van der Waals surface area contributed by atoms with Gasteiger partial charge >= 0.3 is 6.03 Å². The van der Waals surface area contributed by atoms with E-state index in [4.69, 9.17) is 16.3 Å². The molecule has 144 valence electrons. The van der Waals surface area contributed by atoms with Gasteiger partial charge in [0.25, 0.3) is 0 Å². The molecule has 0 aromatic heterocycles. The fraction of sp³-hybridized carbons (Fsp3) is 0.350. The van der Waals surface area contributed by atoms with E-state index in [-0.39, 0.29) is 17.1 Å². The molecule has 2 aromatic rings. The van der Waals surface area contributed by atoms with E-state index >= 15 is 0 Å². The molecule has 1 fully saturated rings. The molecule has 1 unspecified atom stereocenters. The second-order valence-electron chi connectivity index (χ2n) is 6.46. The summed E-state index contributed by atoms with van der Waals surface area (Å²) in [4.78, 5) is 14.7. The number of halogens is 2. The van der Waals surface area contributed by atoms with Crippen LogP contribution in [0.4, 0.5) is 14.9 Å². The first-order valence-electron chi connectivity index (χ1n) is 8.95. The maximum atomic E-state index is 13.1. The third-order valence-electron chi connectivity index (χ3n) is 4.71. The Balaban J connectivity index is 1.70. The minimum atomic E-state index is -0.448. The number of ether oxygens (including phenoxy) is 1. The van der Waals surface area contributed by atoms with Gasteiger partial charge in [0.15, 0.2) is 0 Å². The molecule has 1 aliphatic heterocycles. The van der Waals surface area contributed by atoms with E-state index in [1.54, 1.807) is 7.11 Å². The Morgan fingerprint density at radius 1 is 1.26 bits per heavy atom. The topological polar surface area (TPSA) is 53.6 Å². The van der Waals surface area contributed by atoms with Crippen LogP contribution in [0.25, 0.3) is 0 Å². The molecule has 0 bridgehead atoms. The lowest BCUT2D eigenvalue weighted by Gasteiger charge is -2.29. The van der Waals surface area contributed by atoms with E-state index in [2.05, 4.69) is 15.5 Å². The highest BCUT2D eigenvalue weighted by atomic mass is 35.5. The average molecular weight is 392 g/mol. The van der Waals surface area contributed by atoms with Crippen molar-refractivity contribution in [2.45, 2.75) is 18.9 Å². The second kappa shape index (κ2) is 9.06. The number of anilines is 1. The molecule has 1 heterocycles. The summed E-state index contributed by atoms with van der Waals surface area (Å²) < 4.78 is 18.6. The monoisotopic (exact) mass is 391 g/mol. The summed E-state index contributed by atoms with van der Waals surface area (Å²) in [6.07, 6.45) is 2.28. The summed E-state index contributed by atoms with van der Waals surface area (Å²) in [5, 5.41) is 5.72. The third kappa shape index (κ3) is 4.90. The fourth-order valence-electron chi connectivity index (χ4n) is 3.38. The van der Waals surface area contributed by atoms with Crippen molar-refractivity contribution in [2.75, 3.05) is 32.1 Å². The first-order valence-corrected chi connectivity index (χ1v) is 9.33. The van der Waals surface area contributed by atoms with Crippen LogP contribution < -0.4 is 15.4 Å². The molecular weight excluding hydrogens is 369 g/mol. The summed E-state index contributed by atoms with van der Waals surface area (Å²) in [6.45, 7) is 2.39. The van der Waals surface area contributed by atoms with Crippen molar-refractivity contribution in [3.8, 4) is 5.75 Å². The number of urea groups is 1. The maximum absolute atomic E-state index is 13.1. The molecule has 0 radical (unpaired) electrons. The molecule has 0 saturated carbocycles. The molecule has 2 amide bonds. The van der Waals surface area contributed by atoms with Crippen LogP contribution in [-0.2, 0) is 0 Å². The van der Waals surface area contributed by atoms with Crippen LogP contribution in [0.1, 0.15) is 24.4 Å². The van der Waals surface area contributed by atoms with E-state index in [0.717, 1.165) is 37.2 Å². The van der Waals surface area contributed by atoms with E-state index in [9.17, 15) is 9.18 Å². The van der Waals surface area contributed by atoms with Gasteiger partial charge in [-0.1, -0.05) is 29.8 Å². The van der Waals surface area contributed by atoms with Crippen molar-refractivity contribution in [3.05, 3.63) is 58.9 Å². The molecule has 1 atom stereocenters. The van der Waals surface area contributed by atoms with Crippen molar-refractivity contribution in [2.24, 2.45) is 0 Å². The number of rotatable bonds is 6. The van der Waals surface area contributed by atoms with Crippen molar-refractivity contribution in [1.82, 2.24) is 10.2 Å². The zero-order valence-electron chi connectivity index (χ0n) is 15.2. The number of hydrogen-bond donors (Lipinski definition) is 2. The fourth-order valence-corrected chi connectivity index (χ4v) is 3.59. The molecule has 1 saturated heterocycles. The summed E-state index contributed by atoms with van der Waals surface area (Å²) in [6, 6.07) is 11.3. The SMILES string of the molecule is COc1ccccc1C(CNC(=O)Nc1ccc(F)cc1Cl)N1CCCC1. The van der Waals surface area contributed by atoms with Crippen molar-refractivity contribution >= 4 is 23.3 Å². The predicted octanol–water partition coefficient (Wildman–Crippen LogP) is 4.45. The normalized spacial score (nSPS) is 15.4. The van der Waals surface area contributed by atoms with Gasteiger partial charge in [-0.15, -0.1) is 0 Å². The van der Waals surface area contributed by atoms with Gasteiger partial charge in [0.1, 0.15) is 11.6 Å². The van der Waals surface area contributed by atoms with Crippen molar-refractivity contribution < 1.29 is 13.9 Å². The van der Waals surface area contributed by atoms with Crippen molar-refractivity contribution in [3.63, 3.8) is 0 Å². The second-order valence-corrected chi connectivity index (χ2v) is 6.87. The molecular formula is C20H23ClFN3O2. The number of nitrogens with zero attached hydrogens (tertiary/aromatic N) is 1. The smallest absolute Gasteiger partial charge is 0.319 e. The van der Waals surface area contributed by atoms with E-state index < -0.39 is 5.82 Å². The molecule has 0 aliphatic carbocycles. The van der Waals surface area contributed by atoms with Gasteiger partial charge in [-0.3, -0.25) is 4.90 Å². The minimum absolute atomic E-state index is 0.0121. The number of carbonyl (C=O) groups is 1. The number of nitrogens with one attached hydrogen (secondary N) is 2. The average Bonchev–Trinajstić information content (AvgIpc) is 3.19. The molecule has 0 spiro atoms. The van der Waals surface area contributed by atoms with Crippen molar-refractivity contribution in [1.29, 1.82) is 0 Å². The van der Waals surface area contributed by atoms with Gasteiger partial charge in [0, 0.05) is 12.1 Å². The van der Waals surface area contributed by atoms with Crippen LogP contribution in [0.15, 0.2) is 42.5 Å². The highest BCUT2D eigenvalue weighted by molar-refractivity contribution is 6.33. The lowest BCUT2D eigenvalue weighted by molar-refractivity contribution is 0.224. The van der Waals surface area contributed by atoms with Crippen LogP contribution in [0, 0.1) is 5.82 Å².